The van der Waals surface area contributed by atoms with Gasteiger partial charge < -0.3 is 24.8 Å². The lowest BCUT2D eigenvalue weighted by molar-refractivity contribution is 0.216. The van der Waals surface area contributed by atoms with Crippen LogP contribution in [0.25, 0.3) is 0 Å². The molecule has 2 aromatic rings. The van der Waals surface area contributed by atoms with Crippen LogP contribution in [0.4, 0.5) is 5.69 Å². The van der Waals surface area contributed by atoms with E-state index in [9.17, 15) is 15.1 Å². The summed E-state index contributed by atoms with van der Waals surface area (Å²) < 4.78 is 10.6. The summed E-state index contributed by atoms with van der Waals surface area (Å²) in [4.78, 5) is 10.3. The Labute approximate surface area is 120 Å². The molecule has 0 radical (unpaired) electrons. The molecule has 0 saturated carbocycles. The van der Waals surface area contributed by atoms with Crippen molar-refractivity contribution in [3.05, 3.63) is 41.3 Å². The molecule has 0 bridgehead atoms. The first-order chi connectivity index (χ1) is 10.1. The summed E-state index contributed by atoms with van der Waals surface area (Å²) in [6.07, 6.45) is 0. The molecule has 0 aromatic heterocycles. The summed E-state index contributed by atoms with van der Waals surface area (Å²) in [6, 6.07) is 8.23. The normalized spacial score (nSPS) is 10.1. The van der Waals surface area contributed by atoms with E-state index in [1.807, 2.05) is 0 Å². The quantitative estimate of drug-likeness (QED) is 0.429. The highest BCUT2D eigenvalue weighted by Crippen LogP contribution is 2.30. The van der Waals surface area contributed by atoms with Crippen molar-refractivity contribution in [2.75, 3.05) is 13.2 Å². The van der Waals surface area contributed by atoms with Crippen molar-refractivity contribution in [3.8, 4) is 28.7 Å². The van der Waals surface area contributed by atoms with E-state index in [4.69, 9.17) is 14.6 Å². The second-order valence-electron chi connectivity index (χ2n) is 4.09. The van der Waals surface area contributed by atoms with Gasteiger partial charge >= 0.3 is 0 Å². The van der Waals surface area contributed by atoms with Crippen molar-refractivity contribution in [3.63, 3.8) is 0 Å². The highest BCUT2D eigenvalue weighted by Gasteiger charge is 2.04. The highest BCUT2D eigenvalue weighted by atomic mass is 16.5. The van der Waals surface area contributed by atoms with Crippen LogP contribution in [-0.2, 0) is 0 Å². The smallest absolute Gasteiger partial charge is 0.161 e. The molecule has 0 heterocycles. The molecule has 0 amide bonds. The summed E-state index contributed by atoms with van der Waals surface area (Å²) in [7, 11) is 0. The molecule has 7 nitrogen and oxygen atoms in total. The first-order valence-corrected chi connectivity index (χ1v) is 6.04. The minimum absolute atomic E-state index is 0.0573. The van der Waals surface area contributed by atoms with E-state index in [1.54, 1.807) is 0 Å². The summed E-state index contributed by atoms with van der Waals surface area (Å²) in [5.74, 6) is 0.00873. The first kappa shape index (κ1) is 14.4. The van der Waals surface area contributed by atoms with Gasteiger partial charge in [0.1, 0.15) is 36.1 Å². The van der Waals surface area contributed by atoms with E-state index in [-0.39, 0.29) is 36.1 Å². The maximum Gasteiger partial charge on any atom is 0.161 e. The molecule has 0 fully saturated rings. The standard InChI is InChI=1S/C14H13NO6/c16-12-4-2-10(8-14(12)18)21-6-5-20-9-1-3-11(15-19)13(17)7-9/h1-4,7-8,16-18H,5-6H2. The van der Waals surface area contributed by atoms with Gasteiger partial charge in [0.15, 0.2) is 11.5 Å². The lowest BCUT2D eigenvalue weighted by Crippen LogP contribution is -2.08. The second kappa shape index (κ2) is 6.47. The van der Waals surface area contributed by atoms with E-state index in [0.29, 0.717) is 11.5 Å². The first-order valence-electron chi connectivity index (χ1n) is 6.04. The third-order valence-corrected chi connectivity index (χ3v) is 2.61. The molecule has 7 heteroatoms. The van der Waals surface area contributed by atoms with Crippen molar-refractivity contribution in [2.24, 2.45) is 5.18 Å². The highest BCUT2D eigenvalue weighted by molar-refractivity contribution is 5.53. The lowest BCUT2D eigenvalue weighted by Gasteiger charge is -2.09. The number of rotatable bonds is 6. The average Bonchev–Trinajstić information content (AvgIpc) is 2.47. The van der Waals surface area contributed by atoms with E-state index >= 15 is 0 Å². The number of ether oxygens (including phenoxy) is 2. The summed E-state index contributed by atoms with van der Waals surface area (Å²) >= 11 is 0. The molecular weight excluding hydrogens is 278 g/mol. The maximum atomic E-state index is 10.3. The molecule has 2 aromatic carbocycles. The van der Waals surface area contributed by atoms with Crippen LogP contribution in [0.1, 0.15) is 0 Å². The van der Waals surface area contributed by atoms with Crippen LogP contribution >= 0.6 is 0 Å². The molecule has 0 aliphatic rings. The molecule has 0 atom stereocenters. The Morgan fingerprint density at radius 3 is 1.90 bits per heavy atom. The van der Waals surface area contributed by atoms with Crippen LogP contribution in [0.15, 0.2) is 41.6 Å². The van der Waals surface area contributed by atoms with Crippen LogP contribution in [-0.4, -0.2) is 28.5 Å². The monoisotopic (exact) mass is 291 g/mol. The Balaban J connectivity index is 1.83. The Morgan fingerprint density at radius 1 is 0.810 bits per heavy atom. The predicted octanol–water partition coefficient (Wildman–Crippen LogP) is 2.66. The molecule has 3 N–H and O–H groups in total. The van der Waals surface area contributed by atoms with E-state index in [0.717, 1.165) is 0 Å². The topological polar surface area (TPSA) is 109 Å². The molecule has 0 aliphatic carbocycles. The van der Waals surface area contributed by atoms with E-state index in [2.05, 4.69) is 5.18 Å². The zero-order valence-corrected chi connectivity index (χ0v) is 10.9. The Bertz CT molecular complexity index is 643. The van der Waals surface area contributed by atoms with Crippen LogP contribution in [0.5, 0.6) is 28.7 Å². The molecule has 2 rings (SSSR count). The van der Waals surface area contributed by atoms with Gasteiger partial charge in [-0.1, -0.05) is 0 Å². The molecule has 0 spiro atoms. The molecule has 110 valence electrons. The number of nitrogens with zero attached hydrogens (tertiary/aromatic N) is 1. The van der Waals surface area contributed by atoms with E-state index < -0.39 is 0 Å². The number of aromatic hydroxyl groups is 3. The van der Waals surface area contributed by atoms with Crippen LogP contribution in [0, 0.1) is 4.91 Å². The van der Waals surface area contributed by atoms with Gasteiger partial charge in [-0.25, -0.2) is 0 Å². The minimum atomic E-state index is -0.268. The van der Waals surface area contributed by atoms with E-state index in [1.165, 1.54) is 36.4 Å². The number of phenolic OH excluding ortho intramolecular Hbond substituents is 3. The third kappa shape index (κ3) is 3.75. The fourth-order valence-electron chi connectivity index (χ4n) is 1.58. The summed E-state index contributed by atoms with van der Waals surface area (Å²) in [5.41, 5.74) is -0.0573. The van der Waals surface area contributed by atoms with Gasteiger partial charge in [-0.05, 0) is 29.4 Å². The van der Waals surface area contributed by atoms with Gasteiger partial charge in [0, 0.05) is 12.1 Å². The largest absolute Gasteiger partial charge is 0.505 e. The predicted molar refractivity (Wildman–Crippen MR) is 74.3 cm³/mol. The van der Waals surface area contributed by atoms with Crippen molar-refractivity contribution in [2.45, 2.75) is 0 Å². The maximum absolute atomic E-state index is 10.3. The third-order valence-electron chi connectivity index (χ3n) is 2.61. The molecule has 0 saturated heterocycles. The Kier molecular flexibility index (Phi) is 4.45. The molecule has 0 unspecified atom stereocenters. The number of benzene rings is 2. The van der Waals surface area contributed by atoms with Crippen molar-refractivity contribution in [1.82, 2.24) is 0 Å². The van der Waals surface area contributed by atoms with Crippen LogP contribution in [0.2, 0.25) is 0 Å². The van der Waals surface area contributed by atoms with Crippen molar-refractivity contribution in [1.29, 1.82) is 0 Å². The Morgan fingerprint density at radius 2 is 1.38 bits per heavy atom. The summed E-state index contributed by atoms with van der Waals surface area (Å²) in [5, 5.41) is 30.5. The average molecular weight is 291 g/mol. The number of nitroso groups, excluding NO2 is 1. The zero-order valence-electron chi connectivity index (χ0n) is 10.9. The fraction of sp³-hybridized carbons (Fsp3) is 0.143. The number of hydrogen-bond donors (Lipinski definition) is 3. The zero-order chi connectivity index (χ0) is 15.2. The SMILES string of the molecule is O=Nc1ccc(OCCOc2ccc(O)c(O)c2)cc1O. The van der Waals surface area contributed by atoms with Crippen LogP contribution in [0.3, 0.4) is 0 Å². The lowest BCUT2D eigenvalue weighted by atomic mass is 10.3. The molecular formula is C14H13NO6. The second-order valence-corrected chi connectivity index (χ2v) is 4.09. The summed E-state index contributed by atoms with van der Waals surface area (Å²) in [6.45, 7) is 0.383. The van der Waals surface area contributed by atoms with Crippen molar-refractivity contribution < 1.29 is 24.8 Å². The van der Waals surface area contributed by atoms with Gasteiger partial charge in [-0.2, -0.15) is 0 Å². The fourth-order valence-corrected chi connectivity index (χ4v) is 1.58. The molecule has 21 heavy (non-hydrogen) atoms. The van der Waals surface area contributed by atoms with Gasteiger partial charge in [0.2, 0.25) is 0 Å². The van der Waals surface area contributed by atoms with Gasteiger partial charge in [-0.3, -0.25) is 0 Å². The van der Waals surface area contributed by atoms with Gasteiger partial charge in [0.05, 0.1) is 0 Å². The minimum Gasteiger partial charge on any atom is -0.505 e. The van der Waals surface area contributed by atoms with Crippen LogP contribution < -0.4 is 9.47 Å². The van der Waals surface area contributed by atoms with Gasteiger partial charge in [0.25, 0.3) is 0 Å². The van der Waals surface area contributed by atoms with Crippen molar-refractivity contribution >= 4 is 5.69 Å². The number of hydrogen-bond acceptors (Lipinski definition) is 7. The number of phenols is 3. The molecule has 0 aliphatic heterocycles. The Hall–Kier alpha value is -2.96. The van der Waals surface area contributed by atoms with Gasteiger partial charge in [-0.15, -0.1) is 4.91 Å².